The normalized spacial score (nSPS) is 17.8. The molecule has 0 spiro atoms. The third-order valence-electron chi connectivity index (χ3n) is 6.57. The quantitative estimate of drug-likeness (QED) is 0.563. The molecule has 170 valence electrons. The average Bonchev–Trinajstić information content (AvgIpc) is 3.46. The number of benzene rings is 1. The van der Waals surface area contributed by atoms with Crippen molar-refractivity contribution in [2.75, 3.05) is 19.8 Å². The number of rotatable bonds is 5. The van der Waals surface area contributed by atoms with E-state index < -0.39 is 0 Å². The number of hydrogen-bond donors (Lipinski definition) is 0. The highest BCUT2D eigenvalue weighted by Crippen LogP contribution is 2.34. The number of nitrogens with zero attached hydrogens (tertiary/aromatic N) is 4. The van der Waals surface area contributed by atoms with Gasteiger partial charge in [0.25, 0.3) is 0 Å². The molecule has 1 atom stereocenters. The Kier molecular flexibility index (Phi) is 5.81. The summed E-state index contributed by atoms with van der Waals surface area (Å²) in [6.45, 7) is 6.18. The fourth-order valence-electron chi connectivity index (χ4n) is 4.81. The van der Waals surface area contributed by atoms with Crippen LogP contribution in [0, 0.1) is 6.92 Å². The first-order valence-corrected chi connectivity index (χ1v) is 11.5. The number of fused-ring (bicyclic) bond motifs is 1. The van der Waals surface area contributed by atoms with Crippen LogP contribution in [-0.2, 0) is 28.9 Å². The van der Waals surface area contributed by atoms with Gasteiger partial charge >= 0.3 is 0 Å². The summed E-state index contributed by atoms with van der Waals surface area (Å²) in [6.07, 6.45) is 3.78. The SMILES string of the molecule is CC(=O)N1CCc2c(c(-c3cccc(C(=O)Cc4ccnc(C)c4)c3)nn2C2CCOC2)C1. The molecule has 1 saturated heterocycles. The van der Waals surface area contributed by atoms with Crippen molar-refractivity contribution in [1.82, 2.24) is 19.7 Å². The Bertz CT molecular complexity index is 1210. The maximum absolute atomic E-state index is 13.0. The molecular formula is C26H28N4O3. The molecule has 7 nitrogen and oxygen atoms in total. The molecule has 2 aromatic heterocycles. The van der Waals surface area contributed by atoms with E-state index in [1.54, 1.807) is 13.1 Å². The van der Waals surface area contributed by atoms with E-state index in [1.807, 2.05) is 48.2 Å². The molecule has 4 heterocycles. The molecular weight excluding hydrogens is 416 g/mol. The van der Waals surface area contributed by atoms with Crippen LogP contribution >= 0.6 is 0 Å². The average molecular weight is 445 g/mol. The highest BCUT2D eigenvalue weighted by molar-refractivity contribution is 5.98. The Morgan fingerprint density at radius 2 is 2.09 bits per heavy atom. The molecule has 5 rings (SSSR count). The highest BCUT2D eigenvalue weighted by Gasteiger charge is 2.30. The summed E-state index contributed by atoms with van der Waals surface area (Å²) in [7, 11) is 0. The molecule has 1 aromatic carbocycles. The fourth-order valence-corrected chi connectivity index (χ4v) is 4.81. The predicted molar refractivity (Wildman–Crippen MR) is 124 cm³/mol. The number of carbonyl (C=O) groups is 2. The zero-order valence-electron chi connectivity index (χ0n) is 19.1. The van der Waals surface area contributed by atoms with Gasteiger partial charge in [0.15, 0.2) is 5.78 Å². The Morgan fingerprint density at radius 3 is 2.85 bits per heavy atom. The van der Waals surface area contributed by atoms with Crippen LogP contribution in [-0.4, -0.2) is 51.1 Å². The number of hydrogen-bond acceptors (Lipinski definition) is 5. The van der Waals surface area contributed by atoms with Gasteiger partial charge in [0.05, 0.1) is 18.3 Å². The number of aryl methyl sites for hydroxylation is 1. The van der Waals surface area contributed by atoms with Gasteiger partial charge in [-0.1, -0.05) is 18.2 Å². The number of pyridine rings is 1. The minimum absolute atomic E-state index is 0.0605. The third-order valence-corrected chi connectivity index (χ3v) is 6.57. The number of carbonyl (C=O) groups excluding carboxylic acids is 2. The van der Waals surface area contributed by atoms with E-state index in [4.69, 9.17) is 9.84 Å². The van der Waals surface area contributed by atoms with Crippen LogP contribution in [0.4, 0.5) is 0 Å². The molecule has 0 saturated carbocycles. The second-order valence-corrected chi connectivity index (χ2v) is 8.91. The molecule has 0 radical (unpaired) electrons. The lowest BCUT2D eigenvalue weighted by atomic mass is 9.97. The summed E-state index contributed by atoms with van der Waals surface area (Å²) < 4.78 is 7.73. The van der Waals surface area contributed by atoms with Crippen LogP contribution in [0.3, 0.4) is 0 Å². The lowest BCUT2D eigenvalue weighted by Gasteiger charge is -2.27. The van der Waals surface area contributed by atoms with E-state index in [0.717, 1.165) is 47.5 Å². The topological polar surface area (TPSA) is 77.3 Å². The van der Waals surface area contributed by atoms with Crippen LogP contribution in [0.25, 0.3) is 11.3 Å². The number of ketones is 1. The van der Waals surface area contributed by atoms with Crippen molar-refractivity contribution >= 4 is 11.7 Å². The van der Waals surface area contributed by atoms with Gasteiger partial charge in [-0.15, -0.1) is 0 Å². The molecule has 2 aliphatic rings. The number of amides is 1. The van der Waals surface area contributed by atoms with E-state index in [9.17, 15) is 9.59 Å². The summed E-state index contributed by atoms with van der Waals surface area (Å²) in [4.78, 5) is 31.2. The monoisotopic (exact) mass is 444 g/mol. The summed E-state index contributed by atoms with van der Waals surface area (Å²) in [6, 6.07) is 11.7. The first-order chi connectivity index (χ1) is 16.0. The van der Waals surface area contributed by atoms with Crippen molar-refractivity contribution in [2.24, 2.45) is 0 Å². The van der Waals surface area contributed by atoms with Crippen molar-refractivity contribution < 1.29 is 14.3 Å². The van der Waals surface area contributed by atoms with Crippen molar-refractivity contribution in [3.8, 4) is 11.3 Å². The van der Waals surface area contributed by atoms with Crippen LogP contribution in [0.5, 0.6) is 0 Å². The van der Waals surface area contributed by atoms with Crippen LogP contribution < -0.4 is 0 Å². The number of Topliss-reactive ketones (excluding diaryl/α,β-unsaturated/α-hetero) is 1. The Labute approximate surface area is 193 Å². The molecule has 3 aromatic rings. The molecule has 2 aliphatic heterocycles. The second-order valence-electron chi connectivity index (χ2n) is 8.91. The second kappa shape index (κ2) is 8.90. The maximum atomic E-state index is 13.0. The summed E-state index contributed by atoms with van der Waals surface area (Å²) in [5.41, 5.74) is 6.55. The van der Waals surface area contributed by atoms with Crippen molar-refractivity contribution in [3.63, 3.8) is 0 Å². The molecule has 1 fully saturated rings. The van der Waals surface area contributed by atoms with Gasteiger partial charge in [-0.3, -0.25) is 19.3 Å². The number of aromatic nitrogens is 3. The van der Waals surface area contributed by atoms with Gasteiger partial charge in [0.1, 0.15) is 0 Å². The first kappa shape index (κ1) is 21.5. The Hall–Kier alpha value is -3.32. The summed E-state index contributed by atoms with van der Waals surface area (Å²) >= 11 is 0. The van der Waals surface area contributed by atoms with Gasteiger partial charge in [0, 0.05) is 73.7 Å². The van der Waals surface area contributed by atoms with Gasteiger partial charge in [-0.05, 0) is 37.1 Å². The maximum Gasteiger partial charge on any atom is 0.219 e. The van der Waals surface area contributed by atoms with Gasteiger partial charge in [-0.2, -0.15) is 5.10 Å². The third kappa shape index (κ3) is 4.33. The van der Waals surface area contributed by atoms with E-state index in [2.05, 4.69) is 9.67 Å². The van der Waals surface area contributed by atoms with E-state index >= 15 is 0 Å². The number of ether oxygens (including phenoxy) is 1. The standard InChI is InChI=1S/C26H28N4O3/c1-17-12-19(6-9-27-17)13-25(32)20-4-3-5-21(14-20)26-23-15-29(18(2)31)10-7-24(23)30(28-26)22-8-11-33-16-22/h3-6,9,12,14,22H,7-8,10-11,13,15-16H2,1-2H3. The smallest absolute Gasteiger partial charge is 0.219 e. The zero-order valence-corrected chi connectivity index (χ0v) is 19.1. The Balaban J connectivity index is 1.50. The first-order valence-electron chi connectivity index (χ1n) is 11.5. The lowest BCUT2D eigenvalue weighted by Crippen LogP contribution is -2.35. The van der Waals surface area contributed by atoms with Crippen LogP contribution in [0.2, 0.25) is 0 Å². The minimum atomic E-state index is 0.0605. The highest BCUT2D eigenvalue weighted by atomic mass is 16.5. The zero-order chi connectivity index (χ0) is 22.9. The largest absolute Gasteiger partial charge is 0.379 e. The van der Waals surface area contributed by atoms with E-state index in [1.165, 1.54) is 5.69 Å². The van der Waals surface area contributed by atoms with Crippen molar-refractivity contribution in [2.45, 2.75) is 45.7 Å². The Morgan fingerprint density at radius 1 is 1.21 bits per heavy atom. The van der Waals surface area contributed by atoms with Crippen molar-refractivity contribution in [1.29, 1.82) is 0 Å². The van der Waals surface area contributed by atoms with Gasteiger partial charge in [-0.25, -0.2) is 0 Å². The molecule has 0 bridgehead atoms. The lowest BCUT2D eigenvalue weighted by molar-refractivity contribution is -0.129. The van der Waals surface area contributed by atoms with Gasteiger partial charge < -0.3 is 9.64 Å². The van der Waals surface area contributed by atoms with E-state index in [0.29, 0.717) is 31.7 Å². The van der Waals surface area contributed by atoms with Gasteiger partial charge in [0.2, 0.25) is 5.91 Å². The minimum Gasteiger partial charge on any atom is -0.379 e. The summed E-state index contributed by atoms with van der Waals surface area (Å²) in [5.74, 6) is 0.130. The molecule has 0 N–H and O–H groups in total. The van der Waals surface area contributed by atoms with Crippen LogP contribution in [0.1, 0.15) is 52.3 Å². The molecule has 1 amide bonds. The molecule has 33 heavy (non-hydrogen) atoms. The summed E-state index contributed by atoms with van der Waals surface area (Å²) in [5, 5.41) is 5.01. The van der Waals surface area contributed by atoms with Crippen molar-refractivity contribution in [3.05, 3.63) is 70.7 Å². The molecule has 1 unspecified atom stereocenters. The fraction of sp³-hybridized carbons (Fsp3) is 0.385. The van der Waals surface area contributed by atoms with E-state index in [-0.39, 0.29) is 17.7 Å². The predicted octanol–water partition coefficient (Wildman–Crippen LogP) is 3.54. The molecule has 7 heteroatoms. The van der Waals surface area contributed by atoms with Crippen LogP contribution in [0.15, 0.2) is 42.6 Å². The molecule has 0 aliphatic carbocycles.